The minimum atomic E-state index is -0.210. The van der Waals surface area contributed by atoms with Crippen LogP contribution < -0.4 is 14.8 Å². The van der Waals surface area contributed by atoms with Gasteiger partial charge in [-0.25, -0.2) is 0 Å². The molecule has 1 aromatic heterocycles. The van der Waals surface area contributed by atoms with Crippen molar-refractivity contribution in [2.75, 3.05) is 20.8 Å². The van der Waals surface area contributed by atoms with Gasteiger partial charge in [0.2, 0.25) is 0 Å². The molecule has 1 N–H and O–H groups in total. The Morgan fingerprint density at radius 3 is 2.30 bits per heavy atom. The molecule has 0 atom stereocenters. The van der Waals surface area contributed by atoms with Crippen molar-refractivity contribution < 1.29 is 14.3 Å². The summed E-state index contributed by atoms with van der Waals surface area (Å²) < 4.78 is 12.4. The molecule has 0 fully saturated rings. The van der Waals surface area contributed by atoms with E-state index in [1.807, 2.05) is 25.6 Å². The van der Waals surface area contributed by atoms with Gasteiger partial charge in [0.15, 0.2) is 0 Å². The number of rotatable bonds is 6. The van der Waals surface area contributed by atoms with E-state index < -0.39 is 0 Å². The minimum Gasteiger partial charge on any atom is -0.496 e. The number of methoxy groups -OCH3 is 2. The predicted octanol–water partition coefficient (Wildman–Crippen LogP) is 2.03. The van der Waals surface area contributed by atoms with Gasteiger partial charge in [-0.2, -0.15) is 5.10 Å². The Labute approximate surface area is 136 Å². The van der Waals surface area contributed by atoms with E-state index in [-0.39, 0.29) is 5.91 Å². The number of hydrogen-bond acceptors (Lipinski definition) is 4. The van der Waals surface area contributed by atoms with E-state index in [2.05, 4.69) is 10.4 Å². The van der Waals surface area contributed by atoms with E-state index in [0.29, 0.717) is 23.6 Å². The molecule has 23 heavy (non-hydrogen) atoms. The third-order valence-corrected chi connectivity index (χ3v) is 3.97. The molecule has 2 aromatic rings. The van der Waals surface area contributed by atoms with Crippen molar-refractivity contribution in [3.05, 3.63) is 40.7 Å². The van der Waals surface area contributed by atoms with E-state index >= 15 is 0 Å². The van der Waals surface area contributed by atoms with Crippen LogP contribution in [0.5, 0.6) is 11.5 Å². The van der Waals surface area contributed by atoms with Crippen LogP contribution in [0.3, 0.4) is 0 Å². The molecule has 0 saturated carbocycles. The summed E-state index contributed by atoms with van der Waals surface area (Å²) in [5.41, 5.74) is 3.69. The van der Waals surface area contributed by atoms with Gasteiger partial charge in [-0.15, -0.1) is 0 Å². The van der Waals surface area contributed by atoms with Crippen LogP contribution in [0.15, 0.2) is 18.2 Å². The summed E-state index contributed by atoms with van der Waals surface area (Å²) in [6.45, 7) is 4.53. The fraction of sp³-hybridized carbons (Fsp3) is 0.412. The molecule has 0 aliphatic heterocycles. The molecule has 0 bridgehead atoms. The first kappa shape index (κ1) is 16.9. The first-order valence-corrected chi connectivity index (χ1v) is 7.47. The monoisotopic (exact) mass is 317 g/mol. The number of aryl methyl sites for hydroxylation is 2. The molecule has 2 rings (SSSR count). The molecule has 1 amide bonds. The van der Waals surface area contributed by atoms with Crippen molar-refractivity contribution in [3.63, 3.8) is 0 Å². The highest BCUT2D eigenvalue weighted by atomic mass is 16.5. The molecule has 0 aliphatic rings. The average molecular weight is 317 g/mol. The van der Waals surface area contributed by atoms with Crippen molar-refractivity contribution in [3.8, 4) is 11.5 Å². The molecule has 6 heteroatoms. The van der Waals surface area contributed by atoms with E-state index in [1.54, 1.807) is 18.2 Å². The Hall–Kier alpha value is -2.50. The maximum Gasteiger partial charge on any atom is 0.258 e. The second kappa shape index (κ2) is 7.17. The summed E-state index contributed by atoms with van der Waals surface area (Å²) in [6.07, 6.45) is 0.731. The largest absolute Gasteiger partial charge is 0.496 e. The van der Waals surface area contributed by atoms with E-state index in [9.17, 15) is 4.79 Å². The lowest BCUT2D eigenvalue weighted by Gasteiger charge is -2.13. The quantitative estimate of drug-likeness (QED) is 0.885. The van der Waals surface area contributed by atoms with Crippen molar-refractivity contribution in [2.45, 2.75) is 20.3 Å². The summed E-state index contributed by atoms with van der Waals surface area (Å²) in [4.78, 5) is 12.5. The van der Waals surface area contributed by atoms with E-state index in [0.717, 1.165) is 17.8 Å². The Kier molecular flexibility index (Phi) is 5.26. The molecule has 0 unspecified atom stereocenters. The van der Waals surface area contributed by atoms with Crippen LogP contribution in [0, 0.1) is 13.8 Å². The van der Waals surface area contributed by atoms with Crippen LogP contribution in [-0.2, 0) is 13.5 Å². The molecular weight excluding hydrogens is 294 g/mol. The zero-order valence-electron chi connectivity index (χ0n) is 14.3. The molecule has 0 aliphatic carbocycles. The SMILES string of the molecule is COc1cccc(OC)c1C(=O)NCCc1c(C)nn(C)c1C. The topological polar surface area (TPSA) is 65.4 Å². The van der Waals surface area contributed by atoms with Gasteiger partial charge in [-0.3, -0.25) is 9.48 Å². The van der Waals surface area contributed by atoms with Crippen molar-refractivity contribution in [2.24, 2.45) is 7.05 Å². The normalized spacial score (nSPS) is 10.5. The van der Waals surface area contributed by atoms with Crippen LogP contribution in [-0.4, -0.2) is 36.5 Å². The second-order valence-corrected chi connectivity index (χ2v) is 5.32. The predicted molar refractivity (Wildman–Crippen MR) is 88.3 cm³/mol. The molecule has 1 aromatic carbocycles. The maximum atomic E-state index is 12.5. The van der Waals surface area contributed by atoms with Gasteiger partial charge in [0, 0.05) is 19.3 Å². The lowest BCUT2D eigenvalue weighted by atomic mass is 10.1. The molecule has 0 saturated heterocycles. The number of nitrogens with one attached hydrogen (secondary N) is 1. The first-order chi connectivity index (χ1) is 11.0. The Bertz CT molecular complexity index is 685. The summed E-state index contributed by atoms with van der Waals surface area (Å²) in [6, 6.07) is 5.27. The fourth-order valence-corrected chi connectivity index (χ4v) is 2.64. The minimum absolute atomic E-state index is 0.210. The standard InChI is InChI=1S/C17H23N3O3/c1-11-13(12(2)20(3)19-11)9-10-18-17(21)16-14(22-4)7-6-8-15(16)23-5/h6-8H,9-10H2,1-5H3,(H,18,21). The van der Waals surface area contributed by atoms with Gasteiger partial charge in [0.25, 0.3) is 5.91 Å². The third kappa shape index (κ3) is 3.47. The summed E-state index contributed by atoms with van der Waals surface area (Å²) >= 11 is 0. The second-order valence-electron chi connectivity index (χ2n) is 5.32. The van der Waals surface area contributed by atoms with Crippen LogP contribution in [0.25, 0.3) is 0 Å². The number of aromatic nitrogens is 2. The fourth-order valence-electron chi connectivity index (χ4n) is 2.64. The first-order valence-electron chi connectivity index (χ1n) is 7.47. The van der Waals surface area contributed by atoms with Crippen LogP contribution in [0.1, 0.15) is 27.3 Å². The molecule has 124 valence electrons. The van der Waals surface area contributed by atoms with Gasteiger partial charge >= 0.3 is 0 Å². The highest BCUT2D eigenvalue weighted by Gasteiger charge is 2.18. The Morgan fingerprint density at radius 2 is 1.83 bits per heavy atom. The molecular formula is C17H23N3O3. The summed E-state index contributed by atoms with van der Waals surface area (Å²) in [5.74, 6) is 0.782. The highest BCUT2D eigenvalue weighted by Crippen LogP contribution is 2.27. The smallest absolute Gasteiger partial charge is 0.258 e. The molecule has 0 radical (unpaired) electrons. The molecule has 1 heterocycles. The summed E-state index contributed by atoms with van der Waals surface area (Å²) in [7, 11) is 4.99. The van der Waals surface area contributed by atoms with Gasteiger partial charge < -0.3 is 14.8 Å². The lowest BCUT2D eigenvalue weighted by molar-refractivity contribution is 0.0948. The highest BCUT2D eigenvalue weighted by molar-refractivity contribution is 5.99. The van der Waals surface area contributed by atoms with Gasteiger partial charge in [-0.1, -0.05) is 6.07 Å². The number of carbonyl (C=O) groups excluding carboxylic acids is 1. The summed E-state index contributed by atoms with van der Waals surface area (Å²) in [5, 5.41) is 7.31. The molecule has 6 nitrogen and oxygen atoms in total. The average Bonchev–Trinajstić information content (AvgIpc) is 2.79. The van der Waals surface area contributed by atoms with E-state index in [4.69, 9.17) is 9.47 Å². The van der Waals surface area contributed by atoms with Crippen molar-refractivity contribution in [1.82, 2.24) is 15.1 Å². The number of ether oxygens (including phenoxy) is 2. The Morgan fingerprint density at radius 1 is 1.22 bits per heavy atom. The number of hydrogen-bond donors (Lipinski definition) is 1. The molecule has 0 spiro atoms. The van der Waals surface area contributed by atoms with Crippen molar-refractivity contribution in [1.29, 1.82) is 0 Å². The van der Waals surface area contributed by atoms with Crippen molar-refractivity contribution >= 4 is 5.91 Å². The third-order valence-electron chi connectivity index (χ3n) is 3.97. The zero-order valence-corrected chi connectivity index (χ0v) is 14.3. The number of amides is 1. The number of nitrogens with zero attached hydrogens (tertiary/aromatic N) is 2. The van der Waals surface area contributed by atoms with Gasteiger partial charge in [0.1, 0.15) is 17.1 Å². The van der Waals surface area contributed by atoms with Crippen LogP contribution in [0.2, 0.25) is 0 Å². The van der Waals surface area contributed by atoms with Crippen LogP contribution >= 0.6 is 0 Å². The van der Waals surface area contributed by atoms with Gasteiger partial charge in [-0.05, 0) is 38.0 Å². The lowest BCUT2D eigenvalue weighted by Crippen LogP contribution is -2.26. The number of carbonyl (C=O) groups is 1. The van der Waals surface area contributed by atoms with E-state index in [1.165, 1.54) is 19.8 Å². The van der Waals surface area contributed by atoms with Crippen LogP contribution in [0.4, 0.5) is 0 Å². The van der Waals surface area contributed by atoms with Gasteiger partial charge in [0.05, 0.1) is 19.9 Å². The maximum absolute atomic E-state index is 12.5. The number of benzene rings is 1. The zero-order chi connectivity index (χ0) is 17.0. The Balaban J connectivity index is 2.08.